The Bertz CT molecular complexity index is 504. The maximum absolute atomic E-state index is 12.8. The molecule has 0 aromatic heterocycles. The lowest BCUT2D eigenvalue weighted by Gasteiger charge is -2.22. The maximum atomic E-state index is 12.8. The molecule has 0 unspecified atom stereocenters. The number of hydrogen-bond acceptors (Lipinski definition) is 5. The van der Waals surface area contributed by atoms with E-state index in [1.165, 1.54) is 70.6 Å². The number of nitrogens with one attached hydrogen (secondary N) is 1. The molecule has 0 aromatic carbocycles. The van der Waals surface area contributed by atoms with Gasteiger partial charge in [-0.05, 0) is 58.3 Å². The third-order valence-electron chi connectivity index (χ3n) is 6.33. The molecule has 0 aliphatic carbocycles. The SMILES string of the molecule is CCCCCCCCCCCCCCCCS(=O)(=O)N(CCCN)CCCCNCCCN.Cl.Cl.Cl. The molecule has 0 aliphatic heterocycles. The summed E-state index contributed by atoms with van der Waals surface area (Å²) in [6, 6.07) is 0. The third kappa shape index (κ3) is 29.2. The summed E-state index contributed by atoms with van der Waals surface area (Å²) in [7, 11) is -3.17. The van der Waals surface area contributed by atoms with Crippen LogP contribution in [0.5, 0.6) is 0 Å². The molecular weight excluding hydrogens is 539 g/mol. The Labute approximate surface area is 243 Å². The fraction of sp³-hybridized carbons (Fsp3) is 1.00. The highest BCUT2D eigenvalue weighted by molar-refractivity contribution is 7.89. The first-order valence-electron chi connectivity index (χ1n) is 14.2. The minimum absolute atomic E-state index is 0. The van der Waals surface area contributed by atoms with E-state index < -0.39 is 10.0 Å². The van der Waals surface area contributed by atoms with Crippen LogP contribution in [0.2, 0.25) is 0 Å². The van der Waals surface area contributed by atoms with Crippen LogP contribution in [-0.4, -0.2) is 57.7 Å². The lowest BCUT2D eigenvalue weighted by atomic mass is 10.0. The molecule has 0 rings (SSSR count). The summed E-state index contributed by atoms with van der Waals surface area (Å²) in [6.45, 7) is 6.53. The molecule has 0 spiro atoms. The monoisotopic (exact) mass is 598 g/mol. The molecule has 5 N–H and O–H groups in total. The summed E-state index contributed by atoms with van der Waals surface area (Å²) in [5.74, 6) is 0.282. The van der Waals surface area contributed by atoms with Gasteiger partial charge in [0.05, 0.1) is 5.75 Å². The van der Waals surface area contributed by atoms with Crippen molar-refractivity contribution in [3.8, 4) is 0 Å². The normalized spacial score (nSPS) is 11.1. The molecule has 6 nitrogen and oxygen atoms in total. The predicted octanol–water partition coefficient (Wildman–Crippen LogP) is 6.43. The van der Waals surface area contributed by atoms with Crippen molar-refractivity contribution in [2.75, 3.05) is 45.0 Å². The van der Waals surface area contributed by atoms with E-state index in [1.54, 1.807) is 4.31 Å². The molecule has 0 heterocycles. The van der Waals surface area contributed by atoms with Crippen LogP contribution in [0.25, 0.3) is 0 Å². The van der Waals surface area contributed by atoms with Crippen molar-refractivity contribution in [1.82, 2.24) is 9.62 Å². The van der Waals surface area contributed by atoms with E-state index in [2.05, 4.69) is 12.2 Å². The second-order valence-corrected chi connectivity index (χ2v) is 11.6. The Morgan fingerprint density at radius 2 is 0.972 bits per heavy atom. The molecule has 0 bridgehead atoms. The Morgan fingerprint density at radius 3 is 1.44 bits per heavy atom. The first-order valence-corrected chi connectivity index (χ1v) is 15.8. The summed E-state index contributed by atoms with van der Waals surface area (Å²) in [5.41, 5.74) is 11.1. The number of unbranched alkanes of at least 4 members (excludes halogenated alkanes) is 14. The van der Waals surface area contributed by atoms with Crippen LogP contribution in [0.4, 0.5) is 0 Å². The smallest absolute Gasteiger partial charge is 0.214 e. The van der Waals surface area contributed by atoms with Gasteiger partial charge in [0.25, 0.3) is 0 Å². The Morgan fingerprint density at radius 1 is 0.556 bits per heavy atom. The van der Waals surface area contributed by atoms with Gasteiger partial charge in [-0.15, -0.1) is 37.2 Å². The van der Waals surface area contributed by atoms with Crippen molar-refractivity contribution < 1.29 is 8.42 Å². The van der Waals surface area contributed by atoms with E-state index in [1.807, 2.05) is 0 Å². The zero-order chi connectivity index (χ0) is 24.5. The molecule has 10 heteroatoms. The van der Waals surface area contributed by atoms with Crippen LogP contribution in [0, 0.1) is 0 Å². The lowest BCUT2D eigenvalue weighted by Crippen LogP contribution is -2.36. The molecule has 0 aliphatic rings. The summed E-state index contributed by atoms with van der Waals surface area (Å²) >= 11 is 0. The zero-order valence-electron chi connectivity index (χ0n) is 23.2. The van der Waals surface area contributed by atoms with Crippen molar-refractivity contribution >= 4 is 47.2 Å². The van der Waals surface area contributed by atoms with Gasteiger partial charge in [-0.3, -0.25) is 0 Å². The lowest BCUT2D eigenvalue weighted by molar-refractivity contribution is 0.393. The summed E-state index contributed by atoms with van der Waals surface area (Å²) in [5, 5.41) is 3.36. The minimum Gasteiger partial charge on any atom is -0.330 e. The molecule has 224 valence electrons. The van der Waals surface area contributed by atoms with Crippen LogP contribution in [-0.2, 0) is 10.0 Å². The highest BCUT2D eigenvalue weighted by Gasteiger charge is 2.20. The van der Waals surface area contributed by atoms with Crippen LogP contribution in [0.15, 0.2) is 0 Å². The van der Waals surface area contributed by atoms with Gasteiger partial charge >= 0.3 is 0 Å². The summed E-state index contributed by atoms with van der Waals surface area (Å²) in [6.07, 6.45) is 21.5. The average molecular weight is 600 g/mol. The number of nitrogens with two attached hydrogens (primary N) is 2. The fourth-order valence-corrected chi connectivity index (χ4v) is 5.80. The minimum atomic E-state index is -3.17. The topological polar surface area (TPSA) is 101 Å². The largest absolute Gasteiger partial charge is 0.330 e. The van der Waals surface area contributed by atoms with Gasteiger partial charge in [0.15, 0.2) is 0 Å². The number of nitrogens with zero attached hydrogens (tertiary/aromatic N) is 1. The second-order valence-electron chi connectivity index (χ2n) is 9.55. The van der Waals surface area contributed by atoms with E-state index in [-0.39, 0.29) is 43.0 Å². The first-order chi connectivity index (χ1) is 16.1. The standard InChI is InChI=1S/C26H58N4O2S.3ClH/c1-2-3-4-5-6-7-8-9-10-11-12-13-14-17-26-33(31,32)30(25-19-21-28)24-16-15-22-29-23-18-20-27;;;/h29H,2-28H2,1H3;3*1H. The second kappa shape index (κ2) is 33.7. The molecule has 0 radical (unpaired) electrons. The van der Waals surface area contributed by atoms with Crippen LogP contribution in [0.1, 0.15) is 122 Å². The van der Waals surface area contributed by atoms with Gasteiger partial charge in [0, 0.05) is 13.1 Å². The van der Waals surface area contributed by atoms with Gasteiger partial charge in [0.2, 0.25) is 10.0 Å². The molecular formula is C26H61Cl3N4O2S. The van der Waals surface area contributed by atoms with Crippen molar-refractivity contribution in [2.45, 2.75) is 122 Å². The Hall–Kier alpha value is 0.660. The van der Waals surface area contributed by atoms with Crippen molar-refractivity contribution in [1.29, 1.82) is 0 Å². The van der Waals surface area contributed by atoms with E-state index in [4.69, 9.17) is 11.5 Å². The number of hydrogen-bond donors (Lipinski definition) is 3. The Kier molecular flexibility index (Phi) is 40.9. The van der Waals surface area contributed by atoms with Crippen molar-refractivity contribution in [2.24, 2.45) is 11.5 Å². The molecule has 0 amide bonds. The van der Waals surface area contributed by atoms with Gasteiger partial charge in [-0.25, -0.2) is 12.7 Å². The zero-order valence-corrected chi connectivity index (χ0v) is 26.5. The third-order valence-corrected chi connectivity index (χ3v) is 8.29. The first kappa shape index (κ1) is 43.7. The highest BCUT2D eigenvalue weighted by atomic mass is 35.5. The summed E-state index contributed by atoms with van der Waals surface area (Å²) < 4.78 is 27.3. The van der Waals surface area contributed by atoms with Crippen molar-refractivity contribution in [3.05, 3.63) is 0 Å². The average Bonchev–Trinajstić information content (AvgIpc) is 2.80. The van der Waals surface area contributed by atoms with Crippen LogP contribution >= 0.6 is 37.2 Å². The van der Waals surface area contributed by atoms with Gasteiger partial charge in [0.1, 0.15) is 0 Å². The molecule has 0 saturated heterocycles. The molecule has 36 heavy (non-hydrogen) atoms. The predicted molar refractivity (Wildman–Crippen MR) is 167 cm³/mol. The van der Waals surface area contributed by atoms with E-state index in [0.29, 0.717) is 26.2 Å². The molecule has 0 fully saturated rings. The van der Waals surface area contributed by atoms with Crippen molar-refractivity contribution in [3.63, 3.8) is 0 Å². The highest BCUT2D eigenvalue weighted by Crippen LogP contribution is 2.14. The molecule has 0 saturated carbocycles. The fourth-order valence-electron chi connectivity index (χ4n) is 4.16. The Balaban J connectivity index is -0.00000171. The number of rotatable bonds is 27. The number of sulfonamides is 1. The molecule has 0 aromatic rings. The van der Waals surface area contributed by atoms with Gasteiger partial charge < -0.3 is 16.8 Å². The maximum Gasteiger partial charge on any atom is 0.214 e. The quantitative estimate of drug-likeness (QED) is 0.0944. The molecule has 0 atom stereocenters. The number of halogens is 3. The summed E-state index contributed by atoms with van der Waals surface area (Å²) in [4.78, 5) is 0. The van der Waals surface area contributed by atoms with Crippen LogP contribution < -0.4 is 16.8 Å². The van der Waals surface area contributed by atoms with E-state index in [9.17, 15) is 8.42 Å². The van der Waals surface area contributed by atoms with E-state index >= 15 is 0 Å². The van der Waals surface area contributed by atoms with E-state index in [0.717, 1.165) is 58.0 Å². The van der Waals surface area contributed by atoms with Crippen LogP contribution in [0.3, 0.4) is 0 Å². The van der Waals surface area contributed by atoms with Gasteiger partial charge in [-0.1, -0.05) is 90.4 Å². The van der Waals surface area contributed by atoms with Gasteiger partial charge in [-0.2, -0.15) is 0 Å².